The topological polar surface area (TPSA) is 122 Å². The second-order valence-corrected chi connectivity index (χ2v) is 10.2. The van der Waals surface area contributed by atoms with Crippen LogP contribution in [0.3, 0.4) is 0 Å². The highest BCUT2D eigenvalue weighted by atomic mass is 32.2. The molecule has 30 heavy (non-hydrogen) atoms. The Bertz CT molecular complexity index is 740. The van der Waals surface area contributed by atoms with Gasteiger partial charge in [0.15, 0.2) is 0 Å². The number of carbonyl (C=O) groups is 4. The van der Waals surface area contributed by atoms with Gasteiger partial charge in [0.2, 0.25) is 23.6 Å². The molecule has 1 aliphatic carbocycles. The summed E-state index contributed by atoms with van der Waals surface area (Å²) >= 11 is 2.65. The van der Waals surface area contributed by atoms with Gasteiger partial charge in [-0.3, -0.25) is 29.0 Å². The van der Waals surface area contributed by atoms with Crippen LogP contribution in [0.1, 0.15) is 51.4 Å². The van der Waals surface area contributed by atoms with Crippen molar-refractivity contribution in [1.29, 1.82) is 10.5 Å². The van der Waals surface area contributed by atoms with E-state index < -0.39 is 22.6 Å². The average molecular weight is 449 g/mol. The molecule has 3 rings (SSSR count). The van der Waals surface area contributed by atoms with Crippen molar-refractivity contribution < 1.29 is 19.2 Å². The van der Waals surface area contributed by atoms with Crippen LogP contribution in [0.25, 0.3) is 0 Å². The summed E-state index contributed by atoms with van der Waals surface area (Å²) < 4.78 is 0. The van der Waals surface area contributed by atoms with E-state index in [0.717, 1.165) is 12.8 Å². The second-order valence-electron chi connectivity index (χ2n) is 7.57. The summed E-state index contributed by atoms with van der Waals surface area (Å²) in [7, 11) is 0. The molecule has 3 fully saturated rings. The SMILES string of the molecule is N#CCCSC1CC(=O)N(C2CCCCC2N2C(=O)CC(SCCC#N)C2=O)C1=O. The van der Waals surface area contributed by atoms with E-state index in [0.29, 0.717) is 37.2 Å². The van der Waals surface area contributed by atoms with Crippen LogP contribution in [-0.2, 0) is 19.2 Å². The van der Waals surface area contributed by atoms with Crippen molar-refractivity contribution in [3.63, 3.8) is 0 Å². The lowest BCUT2D eigenvalue weighted by molar-refractivity contribution is -0.151. The number of amides is 4. The van der Waals surface area contributed by atoms with Gasteiger partial charge in [-0.1, -0.05) is 12.8 Å². The van der Waals surface area contributed by atoms with E-state index in [9.17, 15) is 19.2 Å². The largest absolute Gasteiger partial charge is 0.276 e. The summed E-state index contributed by atoms with van der Waals surface area (Å²) in [6, 6.07) is 3.12. The molecular weight excluding hydrogens is 424 g/mol. The van der Waals surface area contributed by atoms with Gasteiger partial charge in [0.05, 0.1) is 34.7 Å². The minimum Gasteiger partial charge on any atom is -0.276 e. The third-order valence-corrected chi connectivity index (χ3v) is 8.13. The monoisotopic (exact) mass is 448 g/mol. The minimum absolute atomic E-state index is 0.104. The van der Waals surface area contributed by atoms with E-state index >= 15 is 0 Å². The molecule has 0 aromatic rings. The number of nitriles is 2. The van der Waals surface area contributed by atoms with Crippen LogP contribution in [-0.4, -0.2) is 67.5 Å². The Morgan fingerprint density at radius 2 is 1.17 bits per heavy atom. The number of thioether (sulfide) groups is 2. The van der Waals surface area contributed by atoms with Crippen LogP contribution in [0, 0.1) is 22.7 Å². The van der Waals surface area contributed by atoms with Gasteiger partial charge in [0.25, 0.3) is 0 Å². The van der Waals surface area contributed by atoms with E-state index in [1.165, 1.54) is 33.3 Å². The predicted octanol–water partition coefficient (Wildman–Crippen LogP) is 1.85. The second kappa shape index (κ2) is 10.3. The molecule has 1 saturated carbocycles. The fraction of sp³-hybridized carbons (Fsp3) is 0.700. The van der Waals surface area contributed by atoms with Crippen molar-refractivity contribution in [2.75, 3.05) is 11.5 Å². The molecule has 4 unspecified atom stereocenters. The molecule has 2 saturated heterocycles. The Hall–Kier alpha value is -2.04. The summed E-state index contributed by atoms with van der Waals surface area (Å²) in [5.74, 6) is -0.0619. The molecule has 10 heteroatoms. The van der Waals surface area contributed by atoms with Crippen molar-refractivity contribution in [3.05, 3.63) is 0 Å². The van der Waals surface area contributed by atoms with Gasteiger partial charge in [-0.2, -0.15) is 10.5 Å². The Morgan fingerprint density at radius 3 is 1.53 bits per heavy atom. The van der Waals surface area contributed by atoms with E-state index in [1.807, 2.05) is 12.1 Å². The third-order valence-electron chi connectivity index (χ3n) is 5.71. The molecule has 2 aliphatic heterocycles. The first kappa shape index (κ1) is 22.6. The lowest BCUT2D eigenvalue weighted by Crippen LogP contribution is -2.57. The predicted molar refractivity (Wildman–Crippen MR) is 112 cm³/mol. The van der Waals surface area contributed by atoms with E-state index in [2.05, 4.69) is 0 Å². The molecule has 0 radical (unpaired) electrons. The maximum Gasteiger partial charge on any atom is 0.243 e. The zero-order chi connectivity index (χ0) is 21.7. The number of nitrogens with zero attached hydrogens (tertiary/aromatic N) is 4. The lowest BCUT2D eigenvalue weighted by atomic mass is 9.88. The van der Waals surface area contributed by atoms with Crippen LogP contribution in [0.15, 0.2) is 0 Å². The van der Waals surface area contributed by atoms with Crippen molar-refractivity contribution in [2.45, 2.75) is 74.0 Å². The standard InChI is InChI=1S/C20H24N4O4S2/c21-7-3-9-29-15-11-17(25)23(19(15)27)13-5-1-2-6-14(13)24-18(26)12-16(20(24)28)30-10-4-8-22/h13-16H,1-6,9-12H2. The molecule has 4 amide bonds. The van der Waals surface area contributed by atoms with Gasteiger partial charge < -0.3 is 0 Å². The maximum atomic E-state index is 12.9. The summed E-state index contributed by atoms with van der Waals surface area (Å²) in [5.41, 5.74) is 0. The molecule has 2 heterocycles. The van der Waals surface area contributed by atoms with Crippen LogP contribution in [0.4, 0.5) is 0 Å². The molecule has 0 spiro atoms. The zero-order valence-electron chi connectivity index (χ0n) is 16.6. The molecule has 4 atom stereocenters. The van der Waals surface area contributed by atoms with E-state index in [4.69, 9.17) is 10.5 Å². The van der Waals surface area contributed by atoms with Gasteiger partial charge in [-0.15, -0.1) is 23.5 Å². The quantitative estimate of drug-likeness (QED) is 0.407. The molecule has 160 valence electrons. The zero-order valence-corrected chi connectivity index (χ0v) is 18.3. The number of likely N-dealkylation sites (tertiary alicyclic amines) is 2. The number of rotatable bonds is 8. The lowest BCUT2D eigenvalue weighted by Gasteiger charge is -2.40. The highest BCUT2D eigenvalue weighted by Crippen LogP contribution is 2.37. The van der Waals surface area contributed by atoms with Crippen LogP contribution >= 0.6 is 23.5 Å². The van der Waals surface area contributed by atoms with Gasteiger partial charge in [0.1, 0.15) is 0 Å². The minimum atomic E-state index is -0.493. The Labute approximate surface area is 184 Å². The van der Waals surface area contributed by atoms with Gasteiger partial charge in [-0.05, 0) is 12.8 Å². The number of hydrogen-bond donors (Lipinski definition) is 0. The number of carbonyl (C=O) groups excluding carboxylic acids is 4. The first-order chi connectivity index (χ1) is 14.5. The van der Waals surface area contributed by atoms with E-state index in [-0.39, 0.29) is 36.5 Å². The molecule has 8 nitrogen and oxygen atoms in total. The molecular formula is C20H24N4O4S2. The highest BCUT2D eigenvalue weighted by molar-refractivity contribution is 8.00. The van der Waals surface area contributed by atoms with Crippen molar-refractivity contribution in [2.24, 2.45) is 0 Å². The Morgan fingerprint density at radius 1 is 0.767 bits per heavy atom. The fourth-order valence-electron chi connectivity index (χ4n) is 4.39. The van der Waals surface area contributed by atoms with E-state index in [1.54, 1.807) is 0 Å². The van der Waals surface area contributed by atoms with Crippen LogP contribution in [0.2, 0.25) is 0 Å². The first-order valence-corrected chi connectivity index (χ1v) is 12.3. The average Bonchev–Trinajstić information content (AvgIpc) is 3.17. The summed E-state index contributed by atoms with van der Waals surface area (Å²) in [6.45, 7) is 0. The van der Waals surface area contributed by atoms with Crippen molar-refractivity contribution in [3.8, 4) is 12.1 Å². The normalized spacial score (nSPS) is 29.4. The number of imide groups is 2. The number of hydrogen-bond acceptors (Lipinski definition) is 8. The van der Waals surface area contributed by atoms with Crippen LogP contribution < -0.4 is 0 Å². The summed E-state index contributed by atoms with van der Waals surface area (Å²) in [5, 5.41) is 16.4. The molecule has 0 aromatic carbocycles. The maximum absolute atomic E-state index is 12.9. The fourth-order valence-corrected chi connectivity index (χ4v) is 6.41. The Kier molecular flexibility index (Phi) is 7.79. The smallest absolute Gasteiger partial charge is 0.243 e. The summed E-state index contributed by atoms with van der Waals surface area (Å²) in [6.07, 6.45) is 3.68. The third kappa shape index (κ3) is 4.65. The Balaban J connectivity index is 1.74. The van der Waals surface area contributed by atoms with Crippen LogP contribution in [0.5, 0.6) is 0 Å². The molecule has 3 aliphatic rings. The first-order valence-electron chi connectivity index (χ1n) is 10.2. The molecule has 0 aromatic heterocycles. The summed E-state index contributed by atoms with van der Waals surface area (Å²) in [4.78, 5) is 53.9. The molecule has 0 N–H and O–H groups in total. The molecule has 0 bridgehead atoms. The van der Waals surface area contributed by atoms with Crippen molar-refractivity contribution >= 4 is 47.2 Å². The van der Waals surface area contributed by atoms with Gasteiger partial charge in [0, 0.05) is 37.2 Å². The van der Waals surface area contributed by atoms with Gasteiger partial charge in [-0.25, -0.2) is 0 Å². The van der Waals surface area contributed by atoms with Gasteiger partial charge >= 0.3 is 0 Å². The highest BCUT2D eigenvalue weighted by Gasteiger charge is 2.51. The van der Waals surface area contributed by atoms with Crippen molar-refractivity contribution in [1.82, 2.24) is 9.80 Å².